The molecule has 0 bridgehead atoms. The molecule has 1 unspecified atom stereocenters. The fourth-order valence-electron chi connectivity index (χ4n) is 0.422. The van der Waals surface area contributed by atoms with Crippen molar-refractivity contribution in [3.05, 3.63) is 0 Å². The number of ether oxygens (including phenoxy) is 1. The van der Waals surface area contributed by atoms with Crippen LogP contribution in [0.2, 0.25) is 0 Å². The van der Waals surface area contributed by atoms with Gasteiger partial charge in [0.1, 0.15) is 5.44 Å². The number of thiol groups is 2. The number of carbonyl (C=O) groups is 1. The summed E-state index contributed by atoms with van der Waals surface area (Å²) in [6.45, 7) is 2.00. The molecule has 4 heteroatoms. The van der Waals surface area contributed by atoms with Crippen molar-refractivity contribution in [3.63, 3.8) is 0 Å². The lowest BCUT2D eigenvalue weighted by molar-refractivity contribution is 0.161. The molecule has 0 radical (unpaired) electrons. The molecule has 0 aromatic carbocycles. The highest BCUT2D eigenvalue weighted by atomic mass is 32.1. The second-order valence-corrected chi connectivity index (χ2v) is 2.57. The molecule has 0 saturated heterocycles. The number of hydrogen-bond donors (Lipinski definition) is 2. The lowest BCUT2D eigenvalue weighted by atomic mass is 10.4. The second kappa shape index (κ2) is 4.99. The van der Waals surface area contributed by atoms with Crippen LogP contribution in [-0.2, 0) is 4.74 Å². The maximum atomic E-state index is 10.1. The summed E-state index contributed by atoms with van der Waals surface area (Å²) < 4.78 is 4.58. The highest BCUT2D eigenvalue weighted by Gasteiger charge is 2.03. The summed E-state index contributed by atoms with van der Waals surface area (Å²) >= 11 is 7.38. The average Bonchev–Trinajstić information content (AvgIpc) is 1.63. The molecule has 0 heterocycles. The number of carbonyl (C=O) groups excluding carboxylic acids is 1. The molecule has 9 heavy (non-hydrogen) atoms. The molecule has 0 saturated carbocycles. The Balaban J connectivity index is 3.26. The molecule has 0 fully saturated rings. The first-order valence-electron chi connectivity index (χ1n) is 2.74. The molecule has 0 aromatic heterocycles. The fraction of sp³-hybridized carbons (Fsp3) is 0.800. The van der Waals surface area contributed by atoms with Gasteiger partial charge >= 0.3 is 5.30 Å². The van der Waals surface area contributed by atoms with E-state index in [9.17, 15) is 4.79 Å². The molecule has 0 rings (SSSR count). The first kappa shape index (κ1) is 9.17. The smallest absolute Gasteiger partial charge is 0.365 e. The van der Waals surface area contributed by atoms with Gasteiger partial charge in [0.2, 0.25) is 0 Å². The summed E-state index contributed by atoms with van der Waals surface area (Å²) in [6, 6.07) is 0. The Bertz CT molecular complexity index is 95.0. The van der Waals surface area contributed by atoms with Gasteiger partial charge in [0, 0.05) is 0 Å². The van der Waals surface area contributed by atoms with E-state index in [2.05, 4.69) is 30.0 Å². The second-order valence-electron chi connectivity index (χ2n) is 1.63. The third-order valence-electron chi connectivity index (χ3n) is 0.772. The molecule has 0 spiro atoms. The molecule has 2 nitrogen and oxygen atoms in total. The maximum absolute atomic E-state index is 10.1. The molecular formula is C5H10O2S2. The summed E-state index contributed by atoms with van der Waals surface area (Å²) in [5.41, 5.74) is -0.292. The van der Waals surface area contributed by atoms with Gasteiger partial charge in [0.25, 0.3) is 0 Å². The topological polar surface area (TPSA) is 26.3 Å². The van der Waals surface area contributed by atoms with Gasteiger partial charge in [0.05, 0.1) is 0 Å². The molecule has 0 aliphatic rings. The Kier molecular flexibility index (Phi) is 5.09. The van der Waals surface area contributed by atoms with Gasteiger partial charge in [0.15, 0.2) is 0 Å². The zero-order valence-corrected chi connectivity index (χ0v) is 6.99. The van der Waals surface area contributed by atoms with Gasteiger partial charge in [-0.3, -0.25) is 0 Å². The van der Waals surface area contributed by atoms with Gasteiger partial charge < -0.3 is 4.74 Å². The van der Waals surface area contributed by atoms with Crippen molar-refractivity contribution in [2.24, 2.45) is 0 Å². The average molecular weight is 166 g/mol. The summed E-state index contributed by atoms with van der Waals surface area (Å²) in [6.07, 6.45) is 1.73. The van der Waals surface area contributed by atoms with E-state index >= 15 is 0 Å². The lowest BCUT2D eigenvalue weighted by Crippen LogP contribution is -2.05. The zero-order chi connectivity index (χ0) is 7.28. The van der Waals surface area contributed by atoms with E-state index in [0.29, 0.717) is 0 Å². The molecule has 54 valence electrons. The predicted molar refractivity (Wildman–Crippen MR) is 43.1 cm³/mol. The van der Waals surface area contributed by atoms with Crippen LogP contribution in [0.3, 0.4) is 0 Å². The van der Waals surface area contributed by atoms with Gasteiger partial charge in [-0.2, -0.15) is 0 Å². The van der Waals surface area contributed by atoms with E-state index in [-0.39, 0.29) is 5.44 Å². The van der Waals surface area contributed by atoms with E-state index in [1.807, 2.05) is 6.92 Å². The standard InChI is InChI=1S/C5H10O2S2/c1-2-3-4(8)7-5(6)9/h4,8H,2-3H2,1H3,(H,6,9). The largest absolute Gasteiger partial charge is 0.444 e. The third kappa shape index (κ3) is 6.05. The highest BCUT2D eigenvalue weighted by Crippen LogP contribution is 2.07. The molecule has 0 aliphatic heterocycles. The molecule has 0 amide bonds. The van der Waals surface area contributed by atoms with Crippen molar-refractivity contribution in [2.45, 2.75) is 25.2 Å². The Labute approximate surface area is 65.8 Å². The van der Waals surface area contributed by atoms with Crippen LogP contribution in [0.25, 0.3) is 0 Å². The first-order chi connectivity index (χ1) is 4.16. The molecule has 0 N–H and O–H groups in total. The Morgan fingerprint density at radius 1 is 1.78 bits per heavy atom. The molecular weight excluding hydrogens is 156 g/mol. The van der Waals surface area contributed by atoms with Crippen LogP contribution in [0.5, 0.6) is 0 Å². The SMILES string of the molecule is CCCC(S)OC(=O)S. The molecule has 1 atom stereocenters. The van der Waals surface area contributed by atoms with Crippen LogP contribution in [0, 0.1) is 0 Å². The first-order valence-corrected chi connectivity index (χ1v) is 3.70. The summed E-state index contributed by atoms with van der Waals surface area (Å²) in [4.78, 5) is 10.1. The fourth-order valence-corrected chi connectivity index (χ4v) is 0.987. The van der Waals surface area contributed by atoms with Crippen molar-refractivity contribution < 1.29 is 9.53 Å². The molecule has 0 aromatic rings. The summed E-state index contributed by atoms with van der Waals surface area (Å²) in [5, 5.41) is -0.566. The van der Waals surface area contributed by atoms with Crippen molar-refractivity contribution in [2.75, 3.05) is 0 Å². The van der Waals surface area contributed by atoms with E-state index in [4.69, 9.17) is 0 Å². The highest BCUT2D eigenvalue weighted by molar-refractivity contribution is 7.96. The number of rotatable bonds is 3. The minimum atomic E-state index is -0.566. The third-order valence-corrected chi connectivity index (χ3v) is 1.24. The Hall–Kier alpha value is 0.170. The van der Waals surface area contributed by atoms with Gasteiger partial charge in [-0.1, -0.05) is 26.0 Å². The van der Waals surface area contributed by atoms with Crippen molar-refractivity contribution in [3.8, 4) is 0 Å². The van der Waals surface area contributed by atoms with Crippen LogP contribution in [0.1, 0.15) is 19.8 Å². The van der Waals surface area contributed by atoms with Crippen LogP contribution < -0.4 is 0 Å². The van der Waals surface area contributed by atoms with Gasteiger partial charge in [-0.05, 0) is 6.42 Å². The zero-order valence-electron chi connectivity index (χ0n) is 5.20. The van der Waals surface area contributed by atoms with Crippen LogP contribution >= 0.6 is 25.3 Å². The maximum Gasteiger partial charge on any atom is 0.365 e. The van der Waals surface area contributed by atoms with Gasteiger partial charge in [-0.25, -0.2) is 4.79 Å². The summed E-state index contributed by atoms with van der Waals surface area (Å²) in [5.74, 6) is 0. The monoisotopic (exact) mass is 166 g/mol. The normalized spacial score (nSPS) is 12.8. The minimum absolute atomic E-state index is 0.292. The van der Waals surface area contributed by atoms with E-state index in [0.717, 1.165) is 12.8 Å². The predicted octanol–water partition coefficient (Wildman–Crippen LogP) is 2.11. The van der Waals surface area contributed by atoms with Crippen LogP contribution in [0.4, 0.5) is 4.79 Å². The minimum Gasteiger partial charge on any atom is -0.444 e. The van der Waals surface area contributed by atoms with Crippen molar-refractivity contribution in [1.29, 1.82) is 0 Å². The lowest BCUT2D eigenvalue weighted by Gasteiger charge is -2.07. The quantitative estimate of drug-likeness (QED) is 0.381. The molecule has 0 aliphatic carbocycles. The van der Waals surface area contributed by atoms with Crippen LogP contribution in [0.15, 0.2) is 0 Å². The Morgan fingerprint density at radius 2 is 2.33 bits per heavy atom. The van der Waals surface area contributed by atoms with E-state index < -0.39 is 5.30 Å². The van der Waals surface area contributed by atoms with Crippen LogP contribution in [-0.4, -0.2) is 10.7 Å². The Morgan fingerprint density at radius 3 is 2.67 bits per heavy atom. The van der Waals surface area contributed by atoms with E-state index in [1.54, 1.807) is 0 Å². The summed E-state index contributed by atoms with van der Waals surface area (Å²) in [7, 11) is 0. The van der Waals surface area contributed by atoms with Crippen molar-refractivity contribution >= 4 is 30.6 Å². The van der Waals surface area contributed by atoms with Gasteiger partial charge in [-0.15, -0.1) is 12.6 Å². The van der Waals surface area contributed by atoms with Crippen molar-refractivity contribution in [1.82, 2.24) is 0 Å². The number of hydrogen-bond acceptors (Lipinski definition) is 3. The van der Waals surface area contributed by atoms with E-state index in [1.165, 1.54) is 0 Å².